The predicted molar refractivity (Wildman–Crippen MR) is 120 cm³/mol. The Morgan fingerprint density at radius 3 is 2.61 bits per heavy atom. The second-order valence-electron chi connectivity index (χ2n) is 7.19. The van der Waals surface area contributed by atoms with Gasteiger partial charge in [-0.05, 0) is 55.3 Å². The van der Waals surface area contributed by atoms with Crippen LogP contribution in [0.2, 0.25) is 0 Å². The zero-order valence-corrected chi connectivity index (χ0v) is 18.2. The summed E-state index contributed by atoms with van der Waals surface area (Å²) in [6.07, 6.45) is 1.46. The number of hydrogen-bond acceptors (Lipinski definition) is 6. The van der Waals surface area contributed by atoms with Crippen LogP contribution in [0.1, 0.15) is 18.1 Å². The number of rotatable bonds is 9. The normalized spacial score (nSPS) is 14.2. The first-order valence-electron chi connectivity index (χ1n) is 10.2. The summed E-state index contributed by atoms with van der Waals surface area (Å²) in [4.78, 5) is 49.1. The summed E-state index contributed by atoms with van der Waals surface area (Å²) in [5, 5.41) is 5.14. The molecular weight excluding hydrogens is 428 g/mol. The summed E-state index contributed by atoms with van der Waals surface area (Å²) >= 11 is 0. The van der Waals surface area contributed by atoms with Gasteiger partial charge in [-0.3, -0.25) is 14.4 Å². The number of amides is 5. The molecule has 0 spiro atoms. The fourth-order valence-corrected chi connectivity index (χ4v) is 3.10. The van der Waals surface area contributed by atoms with Gasteiger partial charge in [-0.1, -0.05) is 18.2 Å². The highest BCUT2D eigenvalue weighted by atomic mass is 16.5. The molecule has 0 unspecified atom stereocenters. The van der Waals surface area contributed by atoms with E-state index in [9.17, 15) is 19.2 Å². The topological polar surface area (TPSA) is 140 Å². The molecule has 1 aliphatic heterocycles. The van der Waals surface area contributed by atoms with Crippen LogP contribution < -0.4 is 25.8 Å². The molecule has 33 heavy (non-hydrogen) atoms. The van der Waals surface area contributed by atoms with Crippen LogP contribution in [0.5, 0.6) is 11.5 Å². The van der Waals surface area contributed by atoms with Crippen LogP contribution >= 0.6 is 0 Å². The number of carbonyl (C=O) groups excluding carboxylic acids is 4. The monoisotopic (exact) mass is 452 g/mol. The highest BCUT2D eigenvalue weighted by molar-refractivity contribution is 6.16. The molecule has 4 N–H and O–H groups in total. The Bertz CT molecular complexity index is 1130. The van der Waals surface area contributed by atoms with E-state index < -0.39 is 30.3 Å². The number of nitrogens with zero attached hydrogens (tertiary/aromatic N) is 1. The number of ether oxygens (including phenoxy) is 2. The molecule has 0 radical (unpaired) electrons. The van der Waals surface area contributed by atoms with E-state index in [4.69, 9.17) is 15.2 Å². The summed E-state index contributed by atoms with van der Waals surface area (Å²) in [5.41, 5.74) is 7.19. The maximum atomic E-state index is 12.7. The number of nitrogens with one attached hydrogen (secondary N) is 2. The second kappa shape index (κ2) is 10.3. The van der Waals surface area contributed by atoms with Crippen LogP contribution in [0.4, 0.5) is 10.5 Å². The van der Waals surface area contributed by atoms with Crippen molar-refractivity contribution in [3.63, 3.8) is 0 Å². The number of carbonyl (C=O) groups is 4. The van der Waals surface area contributed by atoms with Gasteiger partial charge in [-0.2, -0.15) is 0 Å². The number of primary amides is 1. The van der Waals surface area contributed by atoms with Crippen LogP contribution in [0.25, 0.3) is 6.08 Å². The predicted octanol–water partition coefficient (Wildman–Crippen LogP) is 1.79. The summed E-state index contributed by atoms with van der Waals surface area (Å²) < 4.78 is 10.8. The zero-order valence-electron chi connectivity index (χ0n) is 18.2. The molecular formula is C23H24N4O6. The summed E-state index contributed by atoms with van der Waals surface area (Å²) in [5.74, 6) is -1.10. The minimum Gasteiger partial charge on any atom is -0.490 e. The maximum absolute atomic E-state index is 12.7. The van der Waals surface area contributed by atoms with Gasteiger partial charge in [0.2, 0.25) is 5.91 Å². The molecule has 1 heterocycles. The molecule has 0 atom stereocenters. The van der Waals surface area contributed by atoms with Gasteiger partial charge in [-0.25, -0.2) is 9.69 Å². The van der Waals surface area contributed by atoms with Crippen LogP contribution in [-0.2, 0) is 14.4 Å². The third-order valence-corrected chi connectivity index (χ3v) is 4.51. The van der Waals surface area contributed by atoms with E-state index >= 15 is 0 Å². The highest BCUT2D eigenvalue weighted by Crippen LogP contribution is 2.29. The summed E-state index contributed by atoms with van der Waals surface area (Å²) in [6.45, 7) is 3.27. The Morgan fingerprint density at radius 2 is 1.91 bits per heavy atom. The molecule has 10 nitrogen and oxygen atoms in total. The largest absolute Gasteiger partial charge is 0.490 e. The third kappa shape index (κ3) is 6.10. The Hall–Kier alpha value is -4.34. The lowest BCUT2D eigenvalue weighted by Crippen LogP contribution is -2.38. The second-order valence-corrected chi connectivity index (χ2v) is 7.19. The molecule has 0 aliphatic carbocycles. The molecule has 5 amide bonds. The molecule has 0 saturated carbocycles. The first-order valence-corrected chi connectivity index (χ1v) is 10.2. The van der Waals surface area contributed by atoms with E-state index in [-0.39, 0.29) is 12.3 Å². The Morgan fingerprint density at radius 1 is 1.12 bits per heavy atom. The Kier molecular flexibility index (Phi) is 7.29. The van der Waals surface area contributed by atoms with Crippen molar-refractivity contribution in [3.05, 3.63) is 59.3 Å². The molecule has 0 aromatic heterocycles. The highest BCUT2D eigenvalue weighted by Gasteiger charge is 2.35. The third-order valence-electron chi connectivity index (χ3n) is 4.51. The van der Waals surface area contributed by atoms with E-state index in [1.54, 1.807) is 43.3 Å². The van der Waals surface area contributed by atoms with E-state index in [1.807, 2.05) is 13.0 Å². The SMILES string of the molecule is CCOc1cc(/C=C2/NC(=O)N(CC(=O)Nc3cccc(C)c3)C2=O)ccc1OCC(N)=O. The fraction of sp³-hybridized carbons (Fsp3) is 0.217. The van der Waals surface area contributed by atoms with Crippen molar-refractivity contribution in [2.24, 2.45) is 5.73 Å². The van der Waals surface area contributed by atoms with Crippen molar-refractivity contribution in [1.29, 1.82) is 0 Å². The first-order chi connectivity index (χ1) is 15.8. The van der Waals surface area contributed by atoms with Gasteiger partial charge >= 0.3 is 6.03 Å². The number of nitrogens with two attached hydrogens (primary N) is 1. The molecule has 2 aromatic rings. The van der Waals surface area contributed by atoms with Crippen LogP contribution in [0.3, 0.4) is 0 Å². The lowest BCUT2D eigenvalue weighted by atomic mass is 10.1. The van der Waals surface area contributed by atoms with Gasteiger partial charge in [0.15, 0.2) is 18.1 Å². The van der Waals surface area contributed by atoms with Gasteiger partial charge in [0.1, 0.15) is 12.2 Å². The van der Waals surface area contributed by atoms with Crippen molar-refractivity contribution < 1.29 is 28.7 Å². The standard InChI is InChI=1S/C23H24N4O6/c1-3-32-19-11-15(7-8-18(19)33-13-20(24)28)10-17-22(30)27(23(31)26-17)12-21(29)25-16-6-4-5-14(2)9-16/h4-11H,3,12-13H2,1-2H3,(H2,24,28)(H,25,29)(H,26,31)/b17-10+. The molecule has 0 bridgehead atoms. The van der Waals surface area contributed by atoms with Crippen LogP contribution in [0, 0.1) is 6.92 Å². The van der Waals surface area contributed by atoms with Gasteiger partial charge in [-0.15, -0.1) is 0 Å². The maximum Gasteiger partial charge on any atom is 0.329 e. The summed E-state index contributed by atoms with van der Waals surface area (Å²) in [7, 11) is 0. The van der Waals surface area contributed by atoms with Crippen molar-refractivity contribution in [2.45, 2.75) is 13.8 Å². The quantitative estimate of drug-likeness (QED) is 0.391. The van der Waals surface area contributed by atoms with Crippen molar-refractivity contribution in [2.75, 3.05) is 25.1 Å². The lowest BCUT2D eigenvalue weighted by molar-refractivity contribution is -0.127. The Balaban J connectivity index is 1.72. The zero-order chi connectivity index (χ0) is 24.0. The molecule has 2 aromatic carbocycles. The molecule has 1 saturated heterocycles. The molecule has 1 aliphatic rings. The lowest BCUT2D eigenvalue weighted by Gasteiger charge is -2.12. The van der Waals surface area contributed by atoms with Gasteiger partial charge in [0, 0.05) is 5.69 Å². The smallest absolute Gasteiger partial charge is 0.329 e. The molecule has 1 fully saturated rings. The number of urea groups is 1. The van der Waals surface area contributed by atoms with Crippen LogP contribution in [-0.4, -0.2) is 48.4 Å². The number of anilines is 1. The average molecular weight is 452 g/mol. The minimum absolute atomic E-state index is 0.0107. The fourth-order valence-electron chi connectivity index (χ4n) is 3.10. The van der Waals surface area contributed by atoms with Crippen molar-refractivity contribution in [1.82, 2.24) is 10.2 Å². The van der Waals surface area contributed by atoms with E-state index in [0.29, 0.717) is 29.4 Å². The molecule has 3 rings (SSSR count). The van der Waals surface area contributed by atoms with Gasteiger partial charge in [0.05, 0.1) is 6.61 Å². The minimum atomic E-state index is -0.697. The molecule has 172 valence electrons. The van der Waals surface area contributed by atoms with Crippen LogP contribution in [0.15, 0.2) is 48.2 Å². The first kappa shape index (κ1) is 23.3. The van der Waals surface area contributed by atoms with E-state index in [2.05, 4.69) is 10.6 Å². The number of benzene rings is 2. The van der Waals surface area contributed by atoms with Gasteiger partial charge < -0.3 is 25.8 Å². The summed E-state index contributed by atoms with van der Waals surface area (Å²) in [6, 6.07) is 11.3. The number of aryl methyl sites for hydroxylation is 1. The van der Waals surface area contributed by atoms with Crippen molar-refractivity contribution in [3.8, 4) is 11.5 Å². The number of hydrogen-bond donors (Lipinski definition) is 3. The van der Waals surface area contributed by atoms with E-state index in [0.717, 1.165) is 10.5 Å². The van der Waals surface area contributed by atoms with E-state index in [1.165, 1.54) is 6.08 Å². The average Bonchev–Trinajstić information content (AvgIpc) is 3.00. The van der Waals surface area contributed by atoms with Crippen molar-refractivity contribution >= 4 is 35.5 Å². The van der Waals surface area contributed by atoms with Gasteiger partial charge in [0.25, 0.3) is 11.8 Å². The molecule has 10 heteroatoms. The number of imide groups is 1. The Labute approximate surface area is 190 Å².